The largest absolute Gasteiger partial charge is 0.493 e. The molecule has 2 rings (SSSR count). The number of benzene rings is 1. The molecule has 1 heterocycles. The van der Waals surface area contributed by atoms with Crippen LogP contribution in [0.1, 0.15) is 32.8 Å². The van der Waals surface area contributed by atoms with Crippen molar-refractivity contribution >= 4 is 29.9 Å². The van der Waals surface area contributed by atoms with E-state index in [9.17, 15) is 0 Å². The minimum absolute atomic E-state index is 0. The lowest BCUT2D eigenvalue weighted by Gasteiger charge is -2.32. The summed E-state index contributed by atoms with van der Waals surface area (Å²) in [6.07, 6.45) is 0.968. The Morgan fingerprint density at radius 2 is 1.97 bits per heavy atom. The molecule has 8 heteroatoms. The third-order valence-electron chi connectivity index (χ3n) is 4.69. The fourth-order valence-electron chi connectivity index (χ4n) is 3.05. The lowest BCUT2D eigenvalue weighted by molar-refractivity contribution is 0.0211. The summed E-state index contributed by atoms with van der Waals surface area (Å²) >= 11 is 0. The molecule has 0 aliphatic carbocycles. The lowest BCUT2D eigenvalue weighted by Crippen LogP contribution is -2.49. The van der Waals surface area contributed by atoms with E-state index in [4.69, 9.17) is 19.2 Å². The molecule has 1 aliphatic heterocycles. The van der Waals surface area contributed by atoms with Crippen molar-refractivity contribution in [1.82, 2.24) is 15.5 Å². The van der Waals surface area contributed by atoms with Crippen LogP contribution in [0.15, 0.2) is 23.2 Å². The number of hydrogen-bond donors (Lipinski definition) is 2. The Kier molecular flexibility index (Phi) is 13.0. The molecular weight excluding hydrogens is 483 g/mol. The predicted octanol–water partition coefficient (Wildman–Crippen LogP) is 2.88. The molecule has 1 aromatic rings. The number of rotatable bonds is 10. The van der Waals surface area contributed by atoms with Gasteiger partial charge in [-0.25, -0.2) is 4.99 Å². The van der Waals surface area contributed by atoms with Crippen LogP contribution >= 0.6 is 24.0 Å². The van der Waals surface area contributed by atoms with Gasteiger partial charge < -0.3 is 24.8 Å². The van der Waals surface area contributed by atoms with Gasteiger partial charge in [0.25, 0.3) is 0 Å². The molecule has 29 heavy (non-hydrogen) atoms. The highest BCUT2D eigenvalue weighted by Gasteiger charge is 2.17. The van der Waals surface area contributed by atoms with Crippen LogP contribution in [0, 0.1) is 0 Å². The number of hydrogen-bond acceptors (Lipinski definition) is 5. The number of nitrogens with one attached hydrogen (secondary N) is 2. The summed E-state index contributed by atoms with van der Waals surface area (Å²) in [5.41, 5.74) is 1.08. The third kappa shape index (κ3) is 8.96. The Balaban J connectivity index is 0.00000420. The quantitative estimate of drug-likeness (QED) is 0.281. The van der Waals surface area contributed by atoms with E-state index in [1.807, 2.05) is 18.2 Å². The number of morpholine rings is 1. The van der Waals surface area contributed by atoms with Crippen LogP contribution in [0.2, 0.25) is 0 Å². The zero-order valence-corrected chi connectivity index (χ0v) is 20.5. The normalized spacial score (nSPS) is 15.9. The molecule has 0 amide bonds. The molecule has 1 aliphatic rings. The van der Waals surface area contributed by atoms with E-state index in [0.717, 1.165) is 68.8 Å². The summed E-state index contributed by atoms with van der Waals surface area (Å²) in [7, 11) is 1.67. The number of nitrogens with zero attached hydrogens (tertiary/aromatic N) is 2. The number of guanidine groups is 1. The first-order valence-electron chi connectivity index (χ1n) is 10.3. The molecule has 1 fully saturated rings. The van der Waals surface area contributed by atoms with E-state index in [1.54, 1.807) is 7.11 Å². The number of halogens is 1. The first-order valence-corrected chi connectivity index (χ1v) is 10.3. The summed E-state index contributed by atoms with van der Waals surface area (Å²) in [4.78, 5) is 7.17. The molecule has 2 N–H and O–H groups in total. The second-order valence-corrected chi connectivity index (χ2v) is 6.91. The summed E-state index contributed by atoms with van der Waals surface area (Å²) < 4.78 is 16.6. The van der Waals surface area contributed by atoms with Crippen molar-refractivity contribution < 1.29 is 14.2 Å². The zero-order chi connectivity index (χ0) is 20.2. The van der Waals surface area contributed by atoms with E-state index >= 15 is 0 Å². The zero-order valence-electron chi connectivity index (χ0n) is 18.2. The number of aliphatic imine (C=N–C) groups is 1. The SMILES string of the molecule is CCCOc1ccc(CN=C(NCC)NCC(C)N2CCOCC2)cc1OC.I. The summed E-state index contributed by atoms with van der Waals surface area (Å²) in [5, 5.41) is 6.78. The van der Waals surface area contributed by atoms with Crippen molar-refractivity contribution in [3.05, 3.63) is 23.8 Å². The molecule has 166 valence electrons. The van der Waals surface area contributed by atoms with E-state index in [1.165, 1.54) is 0 Å². The molecule has 0 bridgehead atoms. The molecular formula is C21H37IN4O3. The maximum absolute atomic E-state index is 5.72. The highest BCUT2D eigenvalue weighted by atomic mass is 127. The maximum atomic E-state index is 5.72. The molecule has 1 saturated heterocycles. The Labute approximate surface area is 192 Å². The Morgan fingerprint density at radius 3 is 2.62 bits per heavy atom. The number of methoxy groups -OCH3 is 1. The smallest absolute Gasteiger partial charge is 0.191 e. The molecule has 0 aromatic heterocycles. The Hall–Kier alpha value is -1.26. The first kappa shape index (κ1) is 25.8. The van der Waals surface area contributed by atoms with Crippen molar-refractivity contribution in [3.63, 3.8) is 0 Å². The predicted molar refractivity (Wildman–Crippen MR) is 129 cm³/mol. The van der Waals surface area contributed by atoms with Gasteiger partial charge in [0.05, 0.1) is 33.5 Å². The molecule has 1 atom stereocenters. The van der Waals surface area contributed by atoms with Gasteiger partial charge in [-0.2, -0.15) is 0 Å². The van der Waals surface area contributed by atoms with E-state index < -0.39 is 0 Å². The minimum atomic E-state index is 0. The topological polar surface area (TPSA) is 67.4 Å². The van der Waals surface area contributed by atoms with Gasteiger partial charge in [0, 0.05) is 32.2 Å². The second-order valence-electron chi connectivity index (χ2n) is 6.91. The molecule has 0 radical (unpaired) electrons. The standard InChI is InChI=1S/C21H36N4O3.HI/c1-5-11-28-19-8-7-18(14-20(19)26-4)16-24-21(22-6-2)23-15-17(3)25-9-12-27-13-10-25;/h7-8,14,17H,5-6,9-13,15-16H2,1-4H3,(H2,22,23,24);1H. The van der Waals surface area contributed by atoms with Gasteiger partial charge in [-0.05, 0) is 38.0 Å². The summed E-state index contributed by atoms with van der Waals surface area (Å²) in [6.45, 7) is 12.9. The van der Waals surface area contributed by atoms with Crippen LogP contribution in [0.5, 0.6) is 11.5 Å². The van der Waals surface area contributed by atoms with E-state index in [2.05, 4.69) is 36.3 Å². The van der Waals surface area contributed by atoms with Gasteiger partial charge in [0.15, 0.2) is 17.5 Å². The fraction of sp³-hybridized carbons (Fsp3) is 0.667. The highest BCUT2D eigenvalue weighted by Crippen LogP contribution is 2.28. The van der Waals surface area contributed by atoms with Crippen molar-refractivity contribution in [2.45, 2.75) is 39.8 Å². The van der Waals surface area contributed by atoms with Crippen LogP contribution in [-0.4, -0.2) is 70.0 Å². The molecule has 1 unspecified atom stereocenters. The maximum Gasteiger partial charge on any atom is 0.191 e. The van der Waals surface area contributed by atoms with Crippen molar-refractivity contribution in [2.24, 2.45) is 4.99 Å². The molecule has 0 spiro atoms. The van der Waals surface area contributed by atoms with E-state index in [0.29, 0.717) is 19.2 Å². The number of ether oxygens (including phenoxy) is 3. The van der Waals surface area contributed by atoms with Crippen molar-refractivity contribution in [3.8, 4) is 11.5 Å². The van der Waals surface area contributed by atoms with Crippen molar-refractivity contribution in [2.75, 3.05) is 53.1 Å². The van der Waals surface area contributed by atoms with Crippen LogP contribution in [0.4, 0.5) is 0 Å². The molecule has 7 nitrogen and oxygen atoms in total. The van der Waals surface area contributed by atoms with Crippen LogP contribution < -0.4 is 20.1 Å². The van der Waals surface area contributed by atoms with Gasteiger partial charge in [0.1, 0.15) is 0 Å². The molecule has 0 saturated carbocycles. The van der Waals surface area contributed by atoms with Crippen molar-refractivity contribution in [1.29, 1.82) is 0 Å². The van der Waals surface area contributed by atoms with Gasteiger partial charge in [-0.3, -0.25) is 4.90 Å². The van der Waals surface area contributed by atoms with Gasteiger partial charge in [-0.15, -0.1) is 24.0 Å². The summed E-state index contributed by atoms with van der Waals surface area (Å²) in [6, 6.07) is 6.42. The highest BCUT2D eigenvalue weighted by molar-refractivity contribution is 14.0. The van der Waals surface area contributed by atoms with Gasteiger partial charge in [0.2, 0.25) is 0 Å². The Morgan fingerprint density at radius 1 is 1.21 bits per heavy atom. The lowest BCUT2D eigenvalue weighted by atomic mass is 10.2. The summed E-state index contributed by atoms with van der Waals surface area (Å²) in [5.74, 6) is 2.36. The monoisotopic (exact) mass is 520 g/mol. The Bertz CT molecular complexity index is 610. The first-order chi connectivity index (χ1) is 13.7. The van der Waals surface area contributed by atoms with Gasteiger partial charge in [-0.1, -0.05) is 13.0 Å². The van der Waals surface area contributed by atoms with Crippen LogP contribution in [-0.2, 0) is 11.3 Å². The molecule has 1 aromatic carbocycles. The second kappa shape index (κ2) is 14.7. The minimum Gasteiger partial charge on any atom is -0.493 e. The van der Waals surface area contributed by atoms with Crippen LogP contribution in [0.25, 0.3) is 0 Å². The average Bonchev–Trinajstić information content (AvgIpc) is 2.74. The average molecular weight is 520 g/mol. The van der Waals surface area contributed by atoms with Crippen LogP contribution in [0.3, 0.4) is 0 Å². The fourth-order valence-corrected chi connectivity index (χ4v) is 3.05. The third-order valence-corrected chi connectivity index (χ3v) is 4.69. The van der Waals surface area contributed by atoms with E-state index in [-0.39, 0.29) is 24.0 Å². The van der Waals surface area contributed by atoms with Gasteiger partial charge >= 0.3 is 0 Å².